The lowest BCUT2D eigenvalue weighted by Crippen LogP contribution is -2.42. The number of hydrogen-bond donors (Lipinski definition) is 3. The Balaban J connectivity index is 1.39. The Bertz CT molecular complexity index is 1250. The predicted molar refractivity (Wildman–Crippen MR) is 122 cm³/mol. The summed E-state index contributed by atoms with van der Waals surface area (Å²) in [5.41, 5.74) is 7.58. The third-order valence-electron chi connectivity index (χ3n) is 4.93. The van der Waals surface area contributed by atoms with E-state index in [0.717, 1.165) is 11.3 Å². The Morgan fingerprint density at radius 2 is 1.91 bits per heavy atom. The number of ether oxygens (including phenoxy) is 1. The molecule has 0 fully saturated rings. The zero-order valence-corrected chi connectivity index (χ0v) is 18.4. The Kier molecular flexibility index (Phi) is 6.68. The number of hydrogen-bond acceptors (Lipinski definition) is 7. The van der Waals surface area contributed by atoms with Gasteiger partial charge in [0.25, 0.3) is 5.91 Å². The van der Waals surface area contributed by atoms with E-state index in [-0.39, 0.29) is 29.5 Å². The average molecular weight is 487 g/mol. The van der Waals surface area contributed by atoms with Gasteiger partial charge in [0.2, 0.25) is 0 Å². The molecule has 0 spiro atoms. The highest BCUT2D eigenvalue weighted by atomic mass is 32.1. The number of carbonyl (C=O) groups excluding carboxylic acids is 3. The van der Waals surface area contributed by atoms with Crippen molar-refractivity contribution in [3.05, 3.63) is 64.1 Å². The van der Waals surface area contributed by atoms with Crippen LogP contribution in [0.15, 0.2) is 48.5 Å². The summed E-state index contributed by atoms with van der Waals surface area (Å²) in [6.07, 6.45) is 0.378. The molecule has 0 atom stereocenters. The van der Waals surface area contributed by atoms with Crippen molar-refractivity contribution in [2.45, 2.75) is 19.6 Å². The second-order valence-corrected chi connectivity index (χ2v) is 8.35. The van der Waals surface area contributed by atoms with Crippen molar-refractivity contribution in [3.8, 4) is 5.75 Å². The summed E-state index contributed by atoms with van der Waals surface area (Å²) in [5.74, 6) is -2.27. The topological polar surface area (TPSA) is 127 Å². The Labute approximate surface area is 196 Å². The monoisotopic (exact) mass is 487 g/mol. The predicted octanol–water partition coefficient (Wildman–Crippen LogP) is 3.10. The summed E-state index contributed by atoms with van der Waals surface area (Å²) < 4.78 is 29.1. The summed E-state index contributed by atoms with van der Waals surface area (Å²) in [7, 11) is 0. The minimum absolute atomic E-state index is 0.120. The number of benzene rings is 2. The molecule has 3 amide bonds. The molecule has 1 aliphatic heterocycles. The Hall–Kier alpha value is -4.06. The van der Waals surface area contributed by atoms with Gasteiger partial charge in [-0.3, -0.25) is 14.4 Å². The van der Waals surface area contributed by atoms with Crippen LogP contribution in [0.2, 0.25) is 0 Å². The van der Waals surface area contributed by atoms with E-state index in [9.17, 15) is 23.2 Å². The molecule has 2 aromatic carbocycles. The minimum Gasteiger partial charge on any atom is -0.435 e. The van der Waals surface area contributed by atoms with Crippen LogP contribution in [0.4, 0.5) is 25.8 Å². The fraction of sp³-hybridized carbons (Fsp3) is 0.182. The van der Waals surface area contributed by atoms with Crippen molar-refractivity contribution in [2.24, 2.45) is 0 Å². The van der Waals surface area contributed by atoms with Crippen molar-refractivity contribution in [2.75, 3.05) is 22.9 Å². The van der Waals surface area contributed by atoms with Gasteiger partial charge in [-0.15, -0.1) is 11.3 Å². The van der Waals surface area contributed by atoms with E-state index in [4.69, 9.17) is 5.73 Å². The zero-order chi connectivity index (χ0) is 24.2. The van der Waals surface area contributed by atoms with Gasteiger partial charge in [-0.2, -0.15) is 8.78 Å². The van der Waals surface area contributed by atoms with Gasteiger partial charge in [0.1, 0.15) is 5.75 Å². The normalized spacial score (nSPS) is 12.7. The molecule has 0 radical (unpaired) electrons. The number of amides is 3. The van der Waals surface area contributed by atoms with Crippen molar-refractivity contribution < 1.29 is 27.9 Å². The average Bonchev–Trinajstić information content (AvgIpc) is 3.23. The number of para-hydroxylation sites is 2. The van der Waals surface area contributed by atoms with Crippen LogP contribution in [0.3, 0.4) is 0 Å². The maximum absolute atomic E-state index is 12.6. The summed E-state index contributed by atoms with van der Waals surface area (Å²) in [4.78, 5) is 44.1. The molecule has 0 aliphatic carbocycles. The van der Waals surface area contributed by atoms with E-state index >= 15 is 0 Å². The van der Waals surface area contributed by atoms with Gasteiger partial charge >= 0.3 is 18.4 Å². The van der Waals surface area contributed by atoms with Crippen LogP contribution in [0.1, 0.15) is 20.4 Å². The standard InChI is InChI=1S/C22H19F2N5O4S/c23-22(24)33-13-5-3-4-12(10-13)26-19(31)21(32)29-9-8-16-17(11-29)34-20(28-16)18(30)27-15-7-2-1-6-14(15)25/h1-7,10,22H,8-9,11,25H2,(H,26,31)(H,27,30). The smallest absolute Gasteiger partial charge is 0.387 e. The molecule has 2 heterocycles. The molecule has 0 saturated heterocycles. The zero-order valence-electron chi connectivity index (χ0n) is 17.6. The molecule has 12 heteroatoms. The number of nitrogen functional groups attached to an aromatic ring is 1. The molecule has 9 nitrogen and oxygen atoms in total. The van der Waals surface area contributed by atoms with Gasteiger partial charge in [0.15, 0.2) is 5.01 Å². The van der Waals surface area contributed by atoms with Crippen LogP contribution >= 0.6 is 11.3 Å². The molecule has 176 valence electrons. The lowest BCUT2D eigenvalue weighted by molar-refractivity contribution is -0.143. The summed E-state index contributed by atoms with van der Waals surface area (Å²) in [6, 6.07) is 12.2. The van der Waals surface area contributed by atoms with Crippen LogP contribution < -0.4 is 21.1 Å². The van der Waals surface area contributed by atoms with Gasteiger partial charge in [-0.25, -0.2) is 4.98 Å². The molecule has 0 bridgehead atoms. The number of halogens is 2. The number of carbonyl (C=O) groups is 3. The largest absolute Gasteiger partial charge is 0.435 e. The molecular weight excluding hydrogens is 468 g/mol. The van der Waals surface area contributed by atoms with Gasteiger partial charge in [-0.05, 0) is 24.3 Å². The van der Waals surface area contributed by atoms with Crippen LogP contribution in [-0.2, 0) is 22.6 Å². The van der Waals surface area contributed by atoms with Crippen molar-refractivity contribution in [1.82, 2.24) is 9.88 Å². The van der Waals surface area contributed by atoms with Crippen molar-refractivity contribution in [1.29, 1.82) is 0 Å². The number of nitrogens with two attached hydrogens (primary N) is 1. The first-order valence-corrected chi connectivity index (χ1v) is 10.9. The summed E-state index contributed by atoms with van der Waals surface area (Å²) >= 11 is 1.14. The second-order valence-electron chi connectivity index (χ2n) is 7.27. The summed E-state index contributed by atoms with van der Waals surface area (Å²) in [5, 5.41) is 5.33. The van der Waals surface area contributed by atoms with E-state index in [1.807, 2.05) is 0 Å². The maximum Gasteiger partial charge on any atom is 0.387 e. The fourth-order valence-corrected chi connectivity index (χ4v) is 4.35. The third-order valence-corrected chi connectivity index (χ3v) is 6.01. The molecule has 3 aromatic rings. The van der Waals surface area contributed by atoms with E-state index < -0.39 is 24.3 Å². The molecule has 4 N–H and O–H groups in total. The first-order chi connectivity index (χ1) is 16.3. The number of rotatable bonds is 5. The molecule has 0 unspecified atom stereocenters. The number of nitrogens with one attached hydrogen (secondary N) is 2. The first-order valence-electron chi connectivity index (χ1n) is 10.1. The Morgan fingerprint density at radius 1 is 1.12 bits per heavy atom. The van der Waals surface area contributed by atoms with Crippen LogP contribution in [-0.4, -0.2) is 40.8 Å². The van der Waals surface area contributed by atoms with Crippen LogP contribution in [0.25, 0.3) is 0 Å². The molecule has 34 heavy (non-hydrogen) atoms. The number of fused-ring (bicyclic) bond motifs is 1. The SMILES string of the molecule is Nc1ccccc1NC(=O)c1nc2c(s1)CN(C(=O)C(=O)Nc1cccc(OC(F)F)c1)CC2. The number of aromatic nitrogens is 1. The van der Waals surface area contributed by atoms with Gasteiger partial charge in [0.05, 0.1) is 23.6 Å². The van der Waals surface area contributed by atoms with E-state index in [1.54, 1.807) is 24.3 Å². The van der Waals surface area contributed by atoms with E-state index in [2.05, 4.69) is 20.4 Å². The number of alkyl halides is 2. The number of nitrogens with zero attached hydrogens (tertiary/aromatic N) is 2. The quantitative estimate of drug-likeness (QED) is 0.375. The van der Waals surface area contributed by atoms with Crippen LogP contribution in [0.5, 0.6) is 5.75 Å². The van der Waals surface area contributed by atoms with Crippen molar-refractivity contribution in [3.63, 3.8) is 0 Å². The summed E-state index contributed by atoms with van der Waals surface area (Å²) in [6.45, 7) is -2.65. The van der Waals surface area contributed by atoms with Gasteiger partial charge in [0, 0.05) is 29.6 Å². The molecule has 1 aliphatic rings. The Morgan fingerprint density at radius 3 is 2.68 bits per heavy atom. The highest BCUT2D eigenvalue weighted by Gasteiger charge is 2.29. The van der Waals surface area contributed by atoms with Crippen LogP contribution in [0, 0.1) is 0 Å². The fourth-order valence-electron chi connectivity index (χ4n) is 3.33. The molecule has 0 saturated carbocycles. The molecule has 4 rings (SSSR count). The first kappa shape index (κ1) is 23.1. The highest BCUT2D eigenvalue weighted by Crippen LogP contribution is 2.27. The third kappa shape index (κ3) is 5.29. The highest BCUT2D eigenvalue weighted by molar-refractivity contribution is 7.13. The lowest BCUT2D eigenvalue weighted by atomic mass is 10.2. The lowest BCUT2D eigenvalue weighted by Gasteiger charge is -2.25. The number of thiazole rings is 1. The van der Waals surface area contributed by atoms with Gasteiger partial charge < -0.3 is 26.0 Å². The number of anilines is 3. The molecular formula is C22H19F2N5O4S. The molecule has 1 aromatic heterocycles. The van der Waals surface area contributed by atoms with E-state index in [1.165, 1.54) is 29.2 Å². The maximum atomic E-state index is 12.6. The van der Waals surface area contributed by atoms with Gasteiger partial charge in [-0.1, -0.05) is 18.2 Å². The minimum atomic E-state index is -3.01. The van der Waals surface area contributed by atoms with Crippen molar-refractivity contribution >= 4 is 46.1 Å². The van der Waals surface area contributed by atoms with E-state index in [0.29, 0.717) is 28.4 Å². The second kappa shape index (κ2) is 9.83.